The van der Waals surface area contributed by atoms with Gasteiger partial charge < -0.3 is 4.84 Å². The Labute approximate surface area is 64.1 Å². The highest BCUT2D eigenvalue weighted by Crippen LogP contribution is 2.09. The first-order chi connectivity index (χ1) is 4.84. The van der Waals surface area contributed by atoms with Crippen LogP contribution in [0.15, 0.2) is 22.7 Å². The van der Waals surface area contributed by atoms with Crippen molar-refractivity contribution in [3.8, 4) is 0 Å². The molecule has 0 fully saturated rings. The van der Waals surface area contributed by atoms with Crippen LogP contribution in [0.3, 0.4) is 0 Å². The highest BCUT2D eigenvalue weighted by atomic mass is 32.1. The van der Waals surface area contributed by atoms with Crippen molar-refractivity contribution in [3.05, 3.63) is 22.4 Å². The molecule has 0 spiro atoms. The minimum Gasteiger partial charge on any atom is -0.399 e. The number of hydrogen-bond donors (Lipinski definition) is 0. The summed E-state index contributed by atoms with van der Waals surface area (Å²) in [5, 5.41) is 5.81. The first-order valence-corrected chi connectivity index (χ1v) is 3.84. The van der Waals surface area contributed by atoms with Crippen molar-refractivity contribution in [2.45, 2.75) is 6.92 Å². The molecule has 0 saturated heterocycles. The van der Waals surface area contributed by atoms with E-state index in [1.165, 1.54) is 0 Å². The van der Waals surface area contributed by atoms with Crippen LogP contribution in [0.5, 0.6) is 0 Å². The van der Waals surface area contributed by atoms with E-state index in [0.717, 1.165) is 10.6 Å². The Morgan fingerprint density at radius 3 is 3.00 bits per heavy atom. The summed E-state index contributed by atoms with van der Waals surface area (Å²) in [6.45, 7) is 1.93. The van der Waals surface area contributed by atoms with Crippen molar-refractivity contribution < 1.29 is 4.84 Å². The van der Waals surface area contributed by atoms with Gasteiger partial charge >= 0.3 is 0 Å². The Morgan fingerprint density at radius 2 is 2.50 bits per heavy atom. The maximum atomic E-state index is 4.62. The molecular formula is C7H9NOS. The molecule has 0 N–H and O–H groups in total. The normalized spacial score (nSPS) is 11.6. The Bertz CT molecular complexity index is 216. The summed E-state index contributed by atoms with van der Waals surface area (Å²) in [6.07, 6.45) is 0. The SMILES string of the molecule is CO/N=C(/C)c1cccs1. The van der Waals surface area contributed by atoms with Crippen LogP contribution in [0.25, 0.3) is 0 Å². The smallest absolute Gasteiger partial charge is 0.106 e. The van der Waals surface area contributed by atoms with Gasteiger partial charge in [-0.25, -0.2) is 0 Å². The number of thiophene rings is 1. The van der Waals surface area contributed by atoms with Gasteiger partial charge in [0, 0.05) is 0 Å². The van der Waals surface area contributed by atoms with Gasteiger partial charge in [0.05, 0.1) is 10.6 Å². The molecule has 0 unspecified atom stereocenters. The van der Waals surface area contributed by atoms with Crippen LogP contribution in [0, 0.1) is 0 Å². The lowest BCUT2D eigenvalue weighted by Gasteiger charge is -1.91. The Hall–Kier alpha value is -0.830. The predicted octanol–water partition coefficient (Wildman–Crippen LogP) is 2.12. The van der Waals surface area contributed by atoms with Gasteiger partial charge in [-0.3, -0.25) is 0 Å². The van der Waals surface area contributed by atoms with Gasteiger partial charge in [-0.2, -0.15) is 0 Å². The molecule has 1 rings (SSSR count). The molecule has 0 atom stereocenters. The second-order valence-electron chi connectivity index (χ2n) is 1.84. The van der Waals surface area contributed by atoms with Gasteiger partial charge in [-0.15, -0.1) is 11.3 Å². The van der Waals surface area contributed by atoms with Crippen molar-refractivity contribution in [1.82, 2.24) is 0 Å². The quantitative estimate of drug-likeness (QED) is 0.473. The molecule has 2 nitrogen and oxygen atoms in total. The lowest BCUT2D eigenvalue weighted by atomic mass is 10.3. The Kier molecular flexibility index (Phi) is 2.45. The second kappa shape index (κ2) is 3.37. The number of rotatable bonds is 2. The van der Waals surface area contributed by atoms with E-state index in [-0.39, 0.29) is 0 Å². The lowest BCUT2D eigenvalue weighted by Crippen LogP contribution is -1.89. The van der Waals surface area contributed by atoms with E-state index in [9.17, 15) is 0 Å². The molecule has 0 aromatic carbocycles. The third-order valence-corrected chi connectivity index (χ3v) is 2.08. The zero-order valence-electron chi connectivity index (χ0n) is 6.00. The standard InChI is InChI=1S/C7H9NOS/c1-6(8-9-2)7-4-3-5-10-7/h3-5H,1-2H3/b8-6-. The van der Waals surface area contributed by atoms with E-state index in [1.54, 1.807) is 18.4 Å². The minimum atomic E-state index is 0.928. The number of nitrogens with zero attached hydrogens (tertiary/aromatic N) is 1. The molecule has 1 aromatic rings. The van der Waals surface area contributed by atoms with E-state index >= 15 is 0 Å². The first-order valence-electron chi connectivity index (χ1n) is 2.96. The zero-order valence-corrected chi connectivity index (χ0v) is 6.81. The molecule has 1 aromatic heterocycles. The monoisotopic (exact) mass is 155 g/mol. The summed E-state index contributed by atoms with van der Waals surface area (Å²) >= 11 is 1.66. The first kappa shape index (κ1) is 7.28. The van der Waals surface area contributed by atoms with Gasteiger partial charge in [0.1, 0.15) is 7.11 Å². The third-order valence-electron chi connectivity index (χ3n) is 1.11. The van der Waals surface area contributed by atoms with Gasteiger partial charge in [0.15, 0.2) is 0 Å². The van der Waals surface area contributed by atoms with E-state index in [2.05, 4.69) is 9.99 Å². The lowest BCUT2D eigenvalue weighted by molar-refractivity contribution is 0.213. The molecule has 0 amide bonds. The molecule has 0 radical (unpaired) electrons. The molecule has 1 heterocycles. The van der Waals surface area contributed by atoms with Crippen molar-refractivity contribution in [1.29, 1.82) is 0 Å². The van der Waals surface area contributed by atoms with Crippen LogP contribution in [0.2, 0.25) is 0 Å². The summed E-state index contributed by atoms with van der Waals surface area (Å²) in [6, 6.07) is 4.01. The fourth-order valence-corrected chi connectivity index (χ4v) is 1.34. The molecule has 0 aliphatic heterocycles. The van der Waals surface area contributed by atoms with Crippen LogP contribution in [0.1, 0.15) is 11.8 Å². The Balaban J connectivity index is 2.77. The van der Waals surface area contributed by atoms with E-state index in [4.69, 9.17) is 0 Å². The molecule has 3 heteroatoms. The highest BCUT2D eigenvalue weighted by Gasteiger charge is 1.95. The minimum absolute atomic E-state index is 0.928. The fraction of sp³-hybridized carbons (Fsp3) is 0.286. The summed E-state index contributed by atoms with van der Waals surface area (Å²) in [5.74, 6) is 0. The van der Waals surface area contributed by atoms with Gasteiger partial charge in [0.25, 0.3) is 0 Å². The number of oxime groups is 1. The fourth-order valence-electron chi connectivity index (χ4n) is 0.666. The summed E-state index contributed by atoms with van der Waals surface area (Å²) in [5.41, 5.74) is 0.928. The predicted molar refractivity (Wildman–Crippen MR) is 43.5 cm³/mol. The average Bonchev–Trinajstić information content (AvgIpc) is 2.38. The van der Waals surface area contributed by atoms with Crippen LogP contribution in [-0.2, 0) is 4.84 Å². The van der Waals surface area contributed by atoms with Crippen LogP contribution >= 0.6 is 11.3 Å². The molecular weight excluding hydrogens is 146 g/mol. The highest BCUT2D eigenvalue weighted by molar-refractivity contribution is 7.12. The van der Waals surface area contributed by atoms with Gasteiger partial charge in [-0.1, -0.05) is 11.2 Å². The molecule has 0 bridgehead atoms. The van der Waals surface area contributed by atoms with E-state index < -0.39 is 0 Å². The van der Waals surface area contributed by atoms with E-state index in [1.807, 2.05) is 24.4 Å². The molecule has 54 valence electrons. The van der Waals surface area contributed by atoms with Gasteiger partial charge in [-0.05, 0) is 18.4 Å². The van der Waals surface area contributed by atoms with Crippen molar-refractivity contribution >= 4 is 17.0 Å². The maximum Gasteiger partial charge on any atom is 0.106 e. The van der Waals surface area contributed by atoms with E-state index in [0.29, 0.717) is 0 Å². The second-order valence-corrected chi connectivity index (χ2v) is 2.78. The average molecular weight is 155 g/mol. The summed E-state index contributed by atoms with van der Waals surface area (Å²) in [7, 11) is 1.55. The largest absolute Gasteiger partial charge is 0.399 e. The number of hydrogen-bond acceptors (Lipinski definition) is 3. The topological polar surface area (TPSA) is 21.6 Å². The van der Waals surface area contributed by atoms with Gasteiger partial charge in [0.2, 0.25) is 0 Å². The molecule has 0 aliphatic rings. The maximum absolute atomic E-state index is 4.62. The molecule has 0 aliphatic carbocycles. The van der Waals surface area contributed by atoms with Crippen LogP contribution < -0.4 is 0 Å². The van der Waals surface area contributed by atoms with Crippen molar-refractivity contribution in [2.75, 3.05) is 7.11 Å². The van der Waals surface area contributed by atoms with Crippen LogP contribution in [-0.4, -0.2) is 12.8 Å². The molecule has 10 heavy (non-hydrogen) atoms. The Morgan fingerprint density at radius 1 is 1.70 bits per heavy atom. The van der Waals surface area contributed by atoms with Crippen molar-refractivity contribution in [2.24, 2.45) is 5.16 Å². The van der Waals surface area contributed by atoms with Crippen molar-refractivity contribution in [3.63, 3.8) is 0 Å². The summed E-state index contributed by atoms with van der Waals surface area (Å²) in [4.78, 5) is 5.78. The third kappa shape index (κ3) is 1.57. The molecule has 0 saturated carbocycles. The summed E-state index contributed by atoms with van der Waals surface area (Å²) < 4.78 is 0. The van der Waals surface area contributed by atoms with Crippen LogP contribution in [0.4, 0.5) is 0 Å². The zero-order chi connectivity index (χ0) is 7.40.